The normalized spacial score (nSPS) is 30.9. The summed E-state index contributed by atoms with van der Waals surface area (Å²) in [5.41, 5.74) is 0. The van der Waals surface area contributed by atoms with E-state index in [2.05, 4.69) is 4.90 Å². The van der Waals surface area contributed by atoms with Gasteiger partial charge in [-0.05, 0) is 12.5 Å². The van der Waals surface area contributed by atoms with Gasteiger partial charge in [0.15, 0.2) is 5.78 Å². The Labute approximate surface area is 91.1 Å². The number of likely N-dealkylation sites (tertiary alicyclic amines) is 1. The van der Waals surface area contributed by atoms with E-state index in [-0.39, 0.29) is 11.7 Å². The molecule has 2 bridgehead atoms. The minimum atomic E-state index is 0.111. The predicted octanol–water partition coefficient (Wildman–Crippen LogP) is 1.24. The monoisotopic (exact) mass is 209 g/mol. The van der Waals surface area contributed by atoms with Crippen LogP contribution in [0.5, 0.6) is 0 Å². The maximum Gasteiger partial charge on any atom is 0.157 e. The standard InChI is InChI=1S/C12H19NO2/c1-9(2)12(14)4-3-5-13-7-11-6-10(13)8-15-11/h3-4,9-11H,5-8H2,1-2H3/b4-3+. The molecule has 15 heavy (non-hydrogen) atoms. The van der Waals surface area contributed by atoms with Crippen LogP contribution in [0.25, 0.3) is 0 Å². The van der Waals surface area contributed by atoms with Crippen molar-refractivity contribution in [2.24, 2.45) is 5.92 Å². The molecule has 0 aliphatic carbocycles. The number of hydrogen-bond donors (Lipinski definition) is 0. The largest absolute Gasteiger partial charge is 0.375 e. The molecule has 3 heteroatoms. The lowest BCUT2D eigenvalue weighted by atomic mass is 10.1. The van der Waals surface area contributed by atoms with E-state index in [1.807, 2.05) is 19.9 Å². The highest BCUT2D eigenvalue weighted by molar-refractivity contribution is 5.91. The van der Waals surface area contributed by atoms with Crippen molar-refractivity contribution in [2.75, 3.05) is 19.7 Å². The first-order chi connectivity index (χ1) is 7.16. The fourth-order valence-corrected chi connectivity index (χ4v) is 2.20. The second kappa shape index (κ2) is 4.45. The number of allylic oxidation sites excluding steroid dienone is 1. The van der Waals surface area contributed by atoms with Crippen LogP contribution in [0.3, 0.4) is 0 Å². The van der Waals surface area contributed by atoms with E-state index in [0.29, 0.717) is 12.1 Å². The predicted molar refractivity (Wildman–Crippen MR) is 58.7 cm³/mol. The number of rotatable bonds is 4. The van der Waals surface area contributed by atoms with Crippen molar-refractivity contribution in [3.8, 4) is 0 Å². The van der Waals surface area contributed by atoms with Gasteiger partial charge in [-0.2, -0.15) is 0 Å². The molecule has 2 rings (SSSR count). The number of ether oxygens (including phenoxy) is 1. The summed E-state index contributed by atoms with van der Waals surface area (Å²) >= 11 is 0. The summed E-state index contributed by atoms with van der Waals surface area (Å²) in [6.45, 7) is 6.65. The molecule has 0 aromatic heterocycles. The van der Waals surface area contributed by atoms with Crippen LogP contribution in [0.1, 0.15) is 20.3 Å². The first-order valence-corrected chi connectivity index (χ1v) is 5.73. The molecule has 84 valence electrons. The van der Waals surface area contributed by atoms with Crippen LogP contribution >= 0.6 is 0 Å². The molecule has 0 saturated carbocycles. The van der Waals surface area contributed by atoms with Gasteiger partial charge in [0, 0.05) is 25.0 Å². The molecule has 0 N–H and O–H groups in total. The maximum atomic E-state index is 11.3. The van der Waals surface area contributed by atoms with Gasteiger partial charge in [0.25, 0.3) is 0 Å². The number of carbonyl (C=O) groups is 1. The maximum absolute atomic E-state index is 11.3. The number of morpholine rings is 1. The van der Waals surface area contributed by atoms with Gasteiger partial charge < -0.3 is 4.74 Å². The van der Waals surface area contributed by atoms with Gasteiger partial charge in [-0.25, -0.2) is 0 Å². The summed E-state index contributed by atoms with van der Waals surface area (Å²) in [5.74, 6) is 0.329. The number of fused-ring (bicyclic) bond motifs is 2. The average molecular weight is 209 g/mol. The molecule has 2 heterocycles. The van der Waals surface area contributed by atoms with Gasteiger partial charge in [-0.15, -0.1) is 0 Å². The summed E-state index contributed by atoms with van der Waals surface area (Å²) in [5, 5.41) is 0. The smallest absolute Gasteiger partial charge is 0.157 e. The Balaban J connectivity index is 1.77. The lowest BCUT2D eigenvalue weighted by Gasteiger charge is -2.25. The van der Waals surface area contributed by atoms with Gasteiger partial charge in [-0.1, -0.05) is 19.9 Å². The van der Waals surface area contributed by atoms with E-state index < -0.39 is 0 Å². The zero-order valence-corrected chi connectivity index (χ0v) is 9.48. The summed E-state index contributed by atoms with van der Waals surface area (Å²) in [4.78, 5) is 13.7. The highest BCUT2D eigenvalue weighted by Gasteiger charge is 2.37. The van der Waals surface area contributed by atoms with Crippen LogP contribution in [0.2, 0.25) is 0 Å². The zero-order chi connectivity index (χ0) is 10.8. The quantitative estimate of drug-likeness (QED) is 0.652. The molecule has 2 unspecified atom stereocenters. The number of carbonyl (C=O) groups excluding carboxylic acids is 1. The average Bonchev–Trinajstić information content (AvgIpc) is 2.78. The van der Waals surface area contributed by atoms with E-state index in [9.17, 15) is 4.79 Å². The minimum absolute atomic E-state index is 0.111. The van der Waals surface area contributed by atoms with Crippen LogP contribution in [0.4, 0.5) is 0 Å². The molecular weight excluding hydrogens is 190 g/mol. The molecule has 0 radical (unpaired) electrons. The van der Waals surface area contributed by atoms with Gasteiger partial charge in [0.2, 0.25) is 0 Å². The highest BCUT2D eigenvalue weighted by Crippen LogP contribution is 2.27. The second-order valence-electron chi connectivity index (χ2n) is 4.76. The van der Waals surface area contributed by atoms with Gasteiger partial charge in [-0.3, -0.25) is 9.69 Å². The Morgan fingerprint density at radius 2 is 2.40 bits per heavy atom. The summed E-state index contributed by atoms with van der Waals surface area (Å²) in [6.07, 6.45) is 5.33. The topological polar surface area (TPSA) is 29.5 Å². The third kappa shape index (κ3) is 2.47. The van der Waals surface area contributed by atoms with Crippen molar-refractivity contribution in [3.05, 3.63) is 12.2 Å². The van der Waals surface area contributed by atoms with Crippen LogP contribution in [0, 0.1) is 5.92 Å². The van der Waals surface area contributed by atoms with Crippen molar-refractivity contribution in [2.45, 2.75) is 32.4 Å². The first kappa shape index (κ1) is 10.8. The summed E-state index contributed by atoms with van der Waals surface area (Å²) in [6, 6.07) is 0.591. The Hall–Kier alpha value is -0.670. The van der Waals surface area contributed by atoms with E-state index in [0.717, 1.165) is 19.7 Å². The Bertz CT molecular complexity index is 273. The number of hydrogen-bond acceptors (Lipinski definition) is 3. The van der Waals surface area contributed by atoms with Crippen molar-refractivity contribution in [1.82, 2.24) is 4.90 Å². The minimum Gasteiger partial charge on any atom is -0.375 e. The van der Waals surface area contributed by atoms with Crippen molar-refractivity contribution >= 4 is 5.78 Å². The molecule has 0 amide bonds. The van der Waals surface area contributed by atoms with Crippen molar-refractivity contribution in [3.63, 3.8) is 0 Å². The molecule has 3 nitrogen and oxygen atoms in total. The Morgan fingerprint density at radius 3 is 2.93 bits per heavy atom. The third-order valence-electron chi connectivity index (χ3n) is 3.20. The third-order valence-corrected chi connectivity index (χ3v) is 3.20. The number of ketones is 1. The zero-order valence-electron chi connectivity index (χ0n) is 9.48. The number of nitrogens with zero attached hydrogens (tertiary/aromatic N) is 1. The van der Waals surface area contributed by atoms with Gasteiger partial charge >= 0.3 is 0 Å². The second-order valence-corrected chi connectivity index (χ2v) is 4.76. The molecule has 0 aromatic rings. The van der Waals surface area contributed by atoms with Gasteiger partial charge in [0.1, 0.15) is 0 Å². The molecule has 2 saturated heterocycles. The van der Waals surface area contributed by atoms with Crippen LogP contribution in [0.15, 0.2) is 12.2 Å². The van der Waals surface area contributed by atoms with Crippen LogP contribution in [-0.2, 0) is 9.53 Å². The summed E-state index contributed by atoms with van der Waals surface area (Å²) in [7, 11) is 0. The van der Waals surface area contributed by atoms with Crippen LogP contribution in [-0.4, -0.2) is 42.5 Å². The van der Waals surface area contributed by atoms with E-state index in [4.69, 9.17) is 4.74 Å². The SMILES string of the molecule is CC(C)C(=O)/C=C/CN1CC2CC1CO2. The van der Waals surface area contributed by atoms with E-state index in [1.54, 1.807) is 6.08 Å². The Morgan fingerprint density at radius 1 is 1.60 bits per heavy atom. The van der Waals surface area contributed by atoms with Crippen LogP contribution < -0.4 is 0 Å². The molecule has 0 spiro atoms. The Kier molecular flexibility index (Phi) is 3.22. The molecular formula is C12H19NO2. The van der Waals surface area contributed by atoms with E-state index in [1.165, 1.54) is 6.42 Å². The van der Waals surface area contributed by atoms with Crippen molar-refractivity contribution in [1.29, 1.82) is 0 Å². The fourth-order valence-electron chi connectivity index (χ4n) is 2.20. The van der Waals surface area contributed by atoms with Crippen molar-refractivity contribution < 1.29 is 9.53 Å². The highest BCUT2D eigenvalue weighted by atomic mass is 16.5. The fraction of sp³-hybridized carbons (Fsp3) is 0.750. The molecule has 2 atom stereocenters. The molecule has 2 aliphatic heterocycles. The van der Waals surface area contributed by atoms with E-state index >= 15 is 0 Å². The lowest BCUT2D eigenvalue weighted by Crippen LogP contribution is -2.36. The molecule has 0 aromatic carbocycles. The molecule has 2 fully saturated rings. The molecule has 2 aliphatic rings. The lowest BCUT2D eigenvalue weighted by molar-refractivity contribution is -0.117. The first-order valence-electron chi connectivity index (χ1n) is 5.73. The van der Waals surface area contributed by atoms with Gasteiger partial charge in [0.05, 0.1) is 12.7 Å². The summed E-state index contributed by atoms with van der Waals surface area (Å²) < 4.78 is 5.52.